The van der Waals surface area contributed by atoms with Crippen LogP contribution < -0.4 is 5.32 Å². The van der Waals surface area contributed by atoms with E-state index < -0.39 is 20.0 Å². The van der Waals surface area contributed by atoms with Gasteiger partial charge in [-0.15, -0.1) is 0 Å². The molecule has 0 aromatic carbocycles. The summed E-state index contributed by atoms with van der Waals surface area (Å²) in [5.41, 5.74) is 0. The van der Waals surface area contributed by atoms with Gasteiger partial charge in [0.2, 0.25) is 5.91 Å². The number of hydrogen-bond acceptors (Lipinski definition) is 6. The van der Waals surface area contributed by atoms with Crippen molar-refractivity contribution >= 4 is 19.7 Å². The van der Waals surface area contributed by atoms with Crippen LogP contribution in [-0.2, 0) is 27.9 Å². The van der Waals surface area contributed by atoms with Gasteiger partial charge in [-0.05, 0) is 102 Å². The number of esters is 1. The SMILES string of the molecule is CC/C=C\C/C=C\C/C=C\C/C=C\C/C=C\CCCCCCCCCCCCCC(=O)NC(COP(=O)(O)OCC[N+](C)(C)C)C(/C=C/CCCCCCCCCCC)OC(=O)CCCCCCCCCCCCCCCCC/C=C/CCCCCCCC. The van der Waals surface area contributed by atoms with Crippen molar-refractivity contribution in [2.75, 3.05) is 40.9 Å². The lowest BCUT2D eigenvalue weighted by molar-refractivity contribution is -0.870. The van der Waals surface area contributed by atoms with E-state index in [0.717, 1.165) is 89.9 Å². The van der Waals surface area contributed by atoms with Gasteiger partial charge in [0.1, 0.15) is 19.3 Å². The second-order valence-electron chi connectivity index (χ2n) is 26.8. The van der Waals surface area contributed by atoms with E-state index in [4.69, 9.17) is 13.8 Å². The van der Waals surface area contributed by atoms with Gasteiger partial charge in [0.25, 0.3) is 0 Å². The average Bonchev–Trinajstić information content (AvgIpc) is 3.70. The first-order chi connectivity index (χ1) is 43.4. The molecule has 0 radical (unpaired) electrons. The highest BCUT2D eigenvalue weighted by molar-refractivity contribution is 7.47. The summed E-state index contributed by atoms with van der Waals surface area (Å²) in [4.78, 5) is 38.0. The number of allylic oxidation sites excluding steroid dienone is 13. The molecule has 3 atom stereocenters. The number of nitrogens with zero attached hydrogens (tertiary/aromatic N) is 1. The zero-order valence-corrected chi connectivity index (χ0v) is 60.3. The van der Waals surface area contributed by atoms with Crippen molar-refractivity contribution in [1.82, 2.24) is 5.32 Å². The van der Waals surface area contributed by atoms with E-state index in [9.17, 15) is 19.0 Å². The Balaban J connectivity index is 4.93. The van der Waals surface area contributed by atoms with E-state index in [1.54, 1.807) is 0 Å². The van der Waals surface area contributed by atoms with Crippen LogP contribution >= 0.6 is 7.82 Å². The number of carbonyl (C=O) groups excluding carboxylic acids is 2. The second kappa shape index (κ2) is 68.1. The Morgan fingerprint density at radius 2 is 0.719 bits per heavy atom. The van der Waals surface area contributed by atoms with Gasteiger partial charge in [-0.25, -0.2) is 4.57 Å². The van der Waals surface area contributed by atoms with Gasteiger partial charge < -0.3 is 19.4 Å². The van der Waals surface area contributed by atoms with Crippen LogP contribution in [0.5, 0.6) is 0 Å². The Morgan fingerprint density at radius 3 is 1.09 bits per heavy atom. The van der Waals surface area contributed by atoms with E-state index in [1.807, 2.05) is 33.3 Å². The number of unbranched alkanes of at least 4 members (excludes halogenated alkanes) is 41. The van der Waals surface area contributed by atoms with Crippen LogP contribution in [0.1, 0.15) is 355 Å². The summed E-state index contributed by atoms with van der Waals surface area (Å²) in [6, 6.07) is -0.853. The number of phosphoric acid groups is 1. The van der Waals surface area contributed by atoms with E-state index >= 15 is 0 Å². The molecule has 0 aliphatic rings. The van der Waals surface area contributed by atoms with Crippen LogP contribution in [-0.4, -0.2) is 74.3 Å². The number of rotatable bonds is 69. The highest BCUT2D eigenvalue weighted by atomic mass is 31.2. The standard InChI is InChI=1S/C79H145N2O7P/c1-7-10-13-16-19-22-25-27-29-31-33-35-37-39-40-42-43-45-47-49-51-53-56-59-62-65-68-71-78(82)80-76(75-87-89(84,85)86-74-73-81(4,5)6)77(70-67-64-61-58-55-24-21-18-15-12-9-3)88-79(83)72-69-66-63-60-57-54-52-50-48-46-44-41-38-36-34-32-30-28-26-23-20-17-14-11-8-2/h10,13,19,22,27-30,33,35,39-40,67,70,76-77H,7-9,11-12,14-18,20-21,23-26,31-32,34,36-38,41-66,68-69,71-75H2,1-6H3,(H-,80,82,84,85)/p+1/b13-10-,22-19-,29-27-,30-28+,35-33-,40-39-,70-67+. The molecule has 518 valence electrons. The molecule has 0 aromatic heterocycles. The molecule has 0 aliphatic carbocycles. The van der Waals surface area contributed by atoms with Gasteiger partial charge in [0, 0.05) is 12.8 Å². The first-order valence-electron chi connectivity index (χ1n) is 37.9. The van der Waals surface area contributed by atoms with Crippen LogP contribution in [0.2, 0.25) is 0 Å². The Hall–Kier alpha value is -2.81. The molecule has 0 spiro atoms. The number of ether oxygens (including phenoxy) is 1. The van der Waals surface area contributed by atoms with E-state index in [1.165, 1.54) is 231 Å². The van der Waals surface area contributed by atoms with Gasteiger partial charge in [-0.2, -0.15) is 0 Å². The number of carbonyl (C=O) groups is 2. The third kappa shape index (κ3) is 69.4. The van der Waals surface area contributed by atoms with Crippen molar-refractivity contribution in [3.63, 3.8) is 0 Å². The number of phosphoric ester groups is 1. The zero-order chi connectivity index (χ0) is 64.9. The lowest BCUT2D eigenvalue weighted by Crippen LogP contribution is -2.47. The fraction of sp³-hybridized carbons (Fsp3) is 0.797. The Bertz CT molecular complexity index is 1800. The molecule has 0 rings (SSSR count). The maximum absolute atomic E-state index is 13.6. The van der Waals surface area contributed by atoms with Gasteiger partial charge in [0.05, 0.1) is 33.8 Å². The minimum atomic E-state index is -4.46. The van der Waals surface area contributed by atoms with Gasteiger partial charge in [-0.1, -0.05) is 324 Å². The zero-order valence-electron chi connectivity index (χ0n) is 59.4. The third-order valence-electron chi connectivity index (χ3n) is 16.8. The molecular weight excluding hydrogens is 1120 g/mol. The van der Waals surface area contributed by atoms with Crippen molar-refractivity contribution in [2.24, 2.45) is 0 Å². The molecular formula is C79H146N2O7P+. The van der Waals surface area contributed by atoms with Crippen LogP contribution in [0.3, 0.4) is 0 Å². The molecule has 2 N–H and O–H groups in total. The first-order valence-corrected chi connectivity index (χ1v) is 39.4. The molecule has 0 aliphatic heterocycles. The maximum atomic E-state index is 13.6. The smallest absolute Gasteiger partial charge is 0.456 e. The molecule has 89 heavy (non-hydrogen) atoms. The van der Waals surface area contributed by atoms with E-state index in [2.05, 4.69) is 99.0 Å². The van der Waals surface area contributed by atoms with Crippen LogP contribution in [0, 0.1) is 0 Å². The van der Waals surface area contributed by atoms with Crippen LogP contribution in [0.25, 0.3) is 0 Å². The predicted octanol–water partition coefficient (Wildman–Crippen LogP) is 24.5. The molecule has 0 fully saturated rings. The van der Waals surface area contributed by atoms with Crippen molar-refractivity contribution in [3.8, 4) is 0 Å². The van der Waals surface area contributed by atoms with E-state index in [0.29, 0.717) is 23.9 Å². The number of amides is 1. The Labute approximate surface area is 552 Å². The van der Waals surface area contributed by atoms with Crippen molar-refractivity contribution in [3.05, 3.63) is 85.1 Å². The normalized spacial score (nSPS) is 13.9. The predicted molar refractivity (Wildman–Crippen MR) is 388 cm³/mol. The molecule has 0 aromatic rings. The summed E-state index contributed by atoms with van der Waals surface area (Å²) >= 11 is 0. The minimum absolute atomic E-state index is 0.0383. The number of likely N-dealkylation sites (N-methyl/N-ethyl adjacent to an activating group) is 1. The molecule has 0 saturated heterocycles. The molecule has 0 saturated carbocycles. The van der Waals surface area contributed by atoms with Crippen molar-refractivity contribution in [1.29, 1.82) is 0 Å². The van der Waals surface area contributed by atoms with Crippen LogP contribution in [0.15, 0.2) is 85.1 Å². The van der Waals surface area contributed by atoms with Gasteiger partial charge in [0.15, 0.2) is 0 Å². The second-order valence-corrected chi connectivity index (χ2v) is 28.2. The highest BCUT2D eigenvalue weighted by Crippen LogP contribution is 2.43. The summed E-state index contributed by atoms with van der Waals surface area (Å²) < 4.78 is 30.9. The monoisotopic (exact) mass is 1270 g/mol. The molecule has 0 heterocycles. The summed E-state index contributed by atoms with van der Waals surface area (Å²) in [7, 11) is 1.50. The number of hydrogen-bond donors (Lipinski definition) is 2. The Kier molecular flexibility index (Phi) is 65.9. The lowest BCUT2D eigenvalue weighted by atomic mass is 10.0. The quantitative estimate of drug-likeness (QED) is 0.0205. The first kappa shape index (κ1) is 86.2. The summed E-state index contributed by atoms with van der Waals surface area (Å²) in [6.45, 7) is 6.93. The number of quaternary nitrogens is 1. The third-order valence-corrected chi connectivity index (χ3v) is 17.8. The van der Waals surface area contributed by atoms with Crippen molar-refractivity contribution < 1.29 is 37.3 Å². The molecule has 1 amide bonds. The Morgan fingerprint density at radius 1 is 0.404 bits per heavy atom. The molecule has 9 nitrogen and oxygen atoms in total. The minimum Gasteiger partial charge on any atom is -0.456 e. The molecule has 3 unspecified atom stereocenters. The highest BCUT2D eigenvalue weighted by Gasteiger charge is 2.30. The maximum Gasteiger partial charge on any atom is 0.472 e. The number of nitrogens with one attached hydrogen (secondary N) is 1. The summed E-state index contributed by atoms with van der Waals surface area (Å²) in [5.74, 6) is -0.498. The average molecular weight is 1270 g/mol. The largest absolute Gasteiger partial charge is 0.472 e. The summed E-state index contributed by atoms with van der Waals surface area (Å²) in [5, 5.41) is 3.08. The molecule has 0 bridgehead atoms. The lowest BCUT2D eigenvalue weighted by Gasteiger charge is -2.27. The topological polar surface area (TPSA) is 111 Å². The van der Waals surface area contributed by atoms with Crippen molar-refractivity contribution in [2.45, 2.75) is 367 Å². The summed E-state index contributed by atoms with van der Waals surface area (Å²) in [6.07, 6.45) is 91.8. The van der Waals surface area contributed by atoms with Gasteiger partial charge >= 0.3 is 13.8 Å². The van der Waals surface area contributed by atoms with Crippen LogP contribution in [0.4, 0.5) is 0 Å². The van der Waals surface area contributed by atoms with E-state index in [-0.39, 0.29) is 25.1 Å². The van der Waals surface area contributed by atoms with Gasteiger partial charge in [-0.3, -0.25) is 18.6 Å². The fourth-order valence-corrected chi connectivity index (χ4v) is 11.8. The fourth-order valence-electron chi connectivity index (χ4n) is 11.0. The molecule has 10 heteroatoms.